The number of hydrogen-bond donors (Lipinski definition) is 2. The number of hydrogen-bond acceptors (Lipinski definition) is 4. The van der Waals surface area contributed by atoms with Crippen LogP contribution in [0.2, 0.25) is 0 Å². The number of nitrogens with one attached hydrogen (secondary N) is 2. The Labute approximate surface area is 125 Å². The van der Waals surface area contributed by atoms with Crippen LogP contribution in [0.3, 0.4) is 0 Å². The van der Waals surface area contributed by atoms with E-state index in [0.717, 1.165) is 19.4 Å². The van der Waals surface area contributed by atoms with Crippen LogP contribution in [-0.2, 0) is 14.6 Å². The molecule has 5 nitrogen and oxygen atoms in total. The van der Waals surface area contributed by atoms with E-state index >= 15 is 0 Å². The fraction of sp³-hybridized carbons (Fsp3) is 0.533. The summed E-state index contributed by atoms with van der Waals surface area (Å²) in [5, 5.41) is 6.25. The highest BCUT2D eigenvalue weighted by Gasteiger charge is 2.36. The summed E-state index contributed by atoms with van der Waals surface area (Å²) < 4.78 is 24.2. The smallest absolute Gasteiger partial charge is 0.223 e. The molecule has 0 saturated carbocycles. The molecular formula is C15H20N2O3S. The molecule has 1 amide bonds. The molecule has 0 spiro atoms. The lowest BCUT2D eigenvalue weighted by Crippen LogP contribution is -2.43. The van der Waals surface area contributed by atoms with Crippen molar-refractivity contribution < 1.29 is 13.2 Å². The lowest BCUT2D eigenvalue weighted by atomic mass is 9.92. The lowest BCUT2D eigenvalue weighted by molar-refractivity contribution is -0.126. The first-order chi connectivity index (χ1) is 9.97. The van der Waals surface area contributed by atoms with Gasteiger partial charge in [0.25, 0.3) is 0 Å². The third-order valence-electron chi connectivity index (χ3n) is 4.33. The van der Waals surface area contributed by atoms with Gasteiger partial charge in [-0.1, -0.05) is 18.2 Å². The standard InChI is InChI=1S/C15H20N2O3S/c1-10-8-11(6-7-16-10)15(18)17-13-9-21(19,20)14-5-3-2-4-12(13)14/h2-5,10-11,13,16H,6-9H2,1H3,(H,17,18)/t10-,11-,13?/m0/s1. The minimum Gasteiger partial charge on any atom is -0.348 e. The summed E-state index contributed by atoms with van der Waals surface area (Å²) in [4.78, 5) is 12.7. The molecule has 1 saturated heterocycles. The van der Waals surface area contributed by atoms with Gasteiger partial charge in [0.1, 0.15) is 0 Å². The number of carbonyl (C=O) groups is 1. The molecule has 0 aromatic heterocycles. The molecule has 1 fully saturated rings. The van der Waals surface area contributed by atoms with Gasteiger partial charge >= 0.3 is 0 Å². The van der Waals surface area contributed by atoms with E-state index in [2.05, 4.69) is 17.6 Å². The molecule has 3 rings (SSSR count). The van der Waals surface area contributed by atoms with Crippen LogP contribution in [0, 0.1) is 5.92 Å². The van der Waals surface area contributed by atoms with E-state index in [9.17, 15) is 13.2 Å². The summed E-state index contributed by atoms with van der Waals surface area (Å²) in [6.45, 7) is 2.90. The minimum atomic E-state index is -3.27. The molecule has 21 heavy (non-hydrogen) atoms. The third-order valence-corrected chi connectivity index (χ3v) is 6.14. The van der Waals surface area contributed by atoms with E-state index in [1.54, 1.807) is 18.2 Å². The van der Waals surface area contributed by atoms with Crippen molar-refractivity contribution in [2.24, 2.45) is 5.92 Å². The molecule has 2 N–H and O–H groups in total. The van der Waals surface area contributed by atoms with Crippen LogP contribution in [0.15, 0.2) is 29.2 Å². The van der Waals surface area contributed by atoms with Crippen LogP contribution in [0.25, 0.3) is 0 Å². The summed E-state index contributed by atoms with van der Waals surface area (Å²) in [6, 6.07) is 6.85. The Balaban J connectivity index is 1.76. The van der Waals surface area contributed by atoms with Crippen molar-refractivity contribution in [3.05, 3.63) is 29.8 Å². The largest absolute Gasteiger partial charge is 0.348 e. The maximum atomic E-state index is 12.4. The summed E-state index contributed by atoms with van der Waals surface area (Å²) in [6.07, 6.45) is 1.60. The van der Waals surface area contributed by atoms with Crippen LogP contribution in [-0.4, -0.2) is 32.7 Å². The zero-order valence-electron chi connectivity index (χ0n) is 12.0. The lowest BCUT2D eigenvalue weighted by Gasteiger charge is -2.28. The Kier molecular flexibility index (Phi) is 3.75. The molecule has 114 valence electrons. The van der Waals surface area contributed by atoms with Crippen molar-refractivity contribution >= 4 is 15.7 Å². The fourth-order valence-electron chi connectivity index (χ4n) is 3.23. The minimum absolute atomic E-state index is 0.0275. The molecule has 2 heterocycles. The van der Waals surface area contributed by atoms with Gasteiger partial charge in [-0.15, -0.1) is 0 Å². The monoisotopic (exact) mass is 308 g/mol. The average molecular weight is 308 g/mol. The van der Waals surface area contributed by atoms with Gasteiger partial charge in [0.15, 0.2) is 9.84 Å². The highest BCUT2D eigenvalue weighted by molar-refractivity contribution is 7.91. The molecule has 2 aliphatic rings. The van der Waals surface area contributed by atoms with E-state index < -0.39 is 15.9 Å². The highest BCUT2D eigenvalue weighted by Crippen LogP contribution is 2.33. The first kappa shape index (κ1) is 14.5. The summed E-state index contributed by atoms with van der Waals surface area (Å²) in [7, 11) is -3.27. The Morgan fingerprint density at radius 3 is 2.86 bits per heavy atom. The molecule has 6 heteroatoms. The predicted octanol–water partition coefficient (Wildman–Crippen LogP) is 1.02. The first-order valence-electron chi connectivity index (χ1n) is 7.33. The zero-order valence-corrected chi connectivity index (χ0v) is 12.8. The van der Waals surface area contributed by atoms with E-state index in [1.807, 2.05) is 6.07 Å². The van der Waals surface area contributed by atoms with E-state index in [0.29, 0.717) is 16.5 Å². The Bertz CT molecular complexity index is 657. The maximum absolute atomic E-state index is 12.4. The van der Waals surface area contributed by atoms with Gasteiger partial charge in [0.05, 0.1) is 16.7 Å². The number of rotatable bonds is 2. The van der Waals surface area contributed by atoms with Gasteiger partial charge in [0, 0.05) is 12.0 Å². The number of fused-ring (bicyclic) bond motifs is 1. The highest BCUT2D eigenvalue weighted by atomic mass is 32.2. The fourth-order valence-corrected chi connectivity index (χ4v) is 4.97. The predicted molar refractivity (Wildman–Crippen MR) is 79.6 cm³/mol. The van der Waals surface area contributed by atoms with Gasteiger partial charge < -0.3 is 10.6 Å². The van der Waals surface area contributed by atoms with Crippen LogP contribution in [0.5, 0.6) is 0 Å². The van der Waals surface area contributed by atoms with E-state index in [-0.39, 0.29) is 17.6 Å². The second-order valence-electron chi connectivity index (χ2n) is 5.96. The molecule has 0 radical (unpaired) electrons. The Morgan fingerprint density at radius 2 is 2.10 bits per heavy atom. The first-order valence-corrected chi connectivity index (χ1v) is 8.98. The van der Waals surface area contributed by atoms with Crippen LogP contribution < -0.4 is 10.6 Å². The van der Waals surface area contributed by atoms with E-state index in [4.69, 9.17) is 0 Å². The maximum Gasteiger partial charge on any atom is 0.223 e. The molecule has 1 unspecified atom stereocenters. The molecule has 2 aliphatic heterocycles. The molecule has 1 aromatic rings. The van der Waals surface area contributed by atoms with Gasteiger partial charge in [-0.2, -0.15) is 0 Å². The second kappa shape index (κ2) is 5.42. The number of sulfone groups is 1. The van der Waals surface area contributed by atoms with Crippen molar-refractivity contribution in [2.75, 3.05) is 12.3 Å². The normalized spacial score (nSPS) is 30.6. The second-order valence-corrected chi connectivity index (χ2v) is 7.96. The SMILES string of the molecule is C[C@H]1C[C@@H](C(=O)NC2CS(=O)(=O)c3ccccc32)CCN1. The van der Waals surface area contributed by atoms with Gasteiger partial charge in [-0.05, 0) is 37.9 Å². The van der Waals surface area contributed by atoms with Crippen LogP contribution >= 0.6 is 0 Å². The number of benzene rings is 1. The molecular weight excluding hydrogens is 288 g/mol. The summed E-state index contributed by atoms with van der Waals surface area (Å²) in [5.41, 5.74) is 0.716. The number of piperidine rings is 1. The number of carbonyl (C=O) groups excluding carboxylic acids is 1. The molecule has 0 aliphatic carbocycles. The third kappa shape index (κ3) is 2.82. The van der Waals surface area contributed by atoms with Crippen LogP contribution in [0.4, 0.5) is 0 Å². The molecule has 1 aromatic carbocycles. The van der Waals surface area contributed by atoms with E-state index in [1.165, 1.54) is 0 Å². The van der Waals surface area contributed by atoms with Crippen molar-refractivity contribution in [3.63, 3.8) is 0 Å². The molecule has 0 bridgehead atoms. The quantitative estimate of drug-likeness (QED) is 0.855. The Hall–Kier alpha value is -1.40. The van der Waals surface area contributed by atoms with Crippen molar-refractivity contribution in [2.45, 2.75) is 36.7 Å². The summed E-state index contributed by atoms with van der Waals surface area (Å²) in [5.74, 6) is -0.0875. The summed E-state index contributed by atoms with van der Waals surface area (Å²) >= 11 is 0. The topological polar surface area (TPSA) is 75.3 Å². The van der Waals surface area contributed by atoms with Gasteiger partial charge in [0.2, 0.25) is 5.91 Å². The van der Waals surface area contributed by atoms with Crippen molar-refractivity contribution in [3.8, 4) is 0 Å². The van der Waals surface area contributed by atoms with Crippen molar-refractivity contribution in [1.29, 1.82) is 0 Å². The Morgan fingerprint density at radius 1 is 1.33 bits per heavy atom. The van der Waals surface area contributed by atoms with Crippen molar-refractivity contribution in [1.82, 2.24) is 10.6 Å². The van der Waals surface area contributed by atoms with Gasteiger partial charge in [-0.25, -0.2) is 8.42 Å². The van der Waals surface area contributed by atoms with Crippen LogP contribution in [0.1, 0.15) is 31.4 Å². The van der Waals surface area contributed by atoms with Gasteiger partial charge in [-0.3, -0.25) is 4.79 Å². The number of amides is 1. The molecule has 3 atom stereocenters. The zero-order chi connectivity index (χ0) is 15.0. The average Bonchev–Trinajstić information content (AvgIpc) is 2.71.